The van der Waals surface area contributed by atoms with Crippen molar-refractivity contribution < 1.29 is 2.85 Å². The molecule has 0 bridgehead atoms. The molecule has 0 aromatic rings. The van der Waals surface area contributed by atoms with Crippen LogP contribution < -0.4 is 0 Å². The van der Waals surface area contributed by atoms with Gasteiger partial charge in [-0.1, -0.05) is 13.8 Å². The van der Waals surface area contributed by atoms with Gasteiger partial charge in [0.25, 0.3) is 0 Å². The molecule has 0 aromatic carbocycles. The zero-order valence-corrected chi connectivity index (χ0v) is 11.7. The maximum atomic E-state index is 3.62. The van der Waals surface area contributed by atoms with Gasteiger partial charge in [-0.3, -0.25) is 0 Å². The minimum Gasteiger partial charge on any atom is -1.00 e. The second-order valence-electron chi connectivity index (χ2n) is 4.63. The first-order chi connectivity index (χ1) is 4.88. The van der Waals surface area contributed by atoms with Gasteiger partial charge in [0.05, 0.1) is 0 Å². The van der Waals surface area contributed by atoms with E-state index in [2.05, 4.69) is 47.8 Å². The quantitative estimate of drug-likeness (QED) is 0.469. The predicted octanol–water partition coefficient (Wildman–Crippen LogP) is 3.04. The monoisotopic (exact) mass is 245 g/mol. The van der Waals surface area contributed by atoms with Crippen molar-refractivity contribution in [3.05, 3.63) is 0 Å². The van der Waals surface area contributed by atoms with Crippen LogP contribution in [0.3, 0.4) is 0 Å². The molecule has 0 unspecified atom stereocenters. The summed E-state index contributed by atoms with van der Waals surface area (Å²) in [5.41, 5.74) is 0.708. The number of rotatable bonds is 0. The van der Waals surface area contributed by atoms with Crippen LogP contribution in [0.2, 0.25) is 0 Å². The van der Waals surface area contributed by atoms with E-state index in [0.717, 1.165) is 0 Å². The third kappa shape index (κ3) is 2.17. The van der Waals surface area contributed by atoms with Gasteiger partial charge in [0.2, 0.25) is 0 Å². The van der Waals surface area contributed by atoms with Gasteiger partial charge in [0.1, 0.15) is 0 Å². The molecule has 0 saturated carbocycles. The van der Waals surface area contributed by atoms with Crippen LogP contribution in [0.25, 0.3) is 0 Å². The van der Waals surface area contributed by atoms with E-state index in [4.69, 9.17) is 0 Å². The third-order valence-electron chi connectivity index (χ3n) is 3.42. The number of piperidine rings is 1. The van der Waals surface area contributed by atoms with Crippen molar-refractivity contribution in [2.24, 2.45) is 5.41 Å². The average molecular weight is 246 g/mol. The van der Waals surface area contributed by atoms with Crippen LogP contribution in [0.5, 0.6) is 0 Å². The molecule has 0 aliphatic carbocycles. The fourth-order valence-corrected chi connectivity index (χ4v) is 2.30. The van der Waals surface area contributed by atoms with Crippen molar-refractivity contribution in [3.63, 3.8) is 0 Å². The van der Waals surface area contributed by atoms with Crippen LogP contribution in [0.15, 0.2) is 0 Å². The van der Waals surface area contributed by atoms with Crippen LogP contribution in [0.4, 0.5) is 0 Å². The molecular formula is C9H20BrMgN. The van der Waals surface area contributed by atoms with Crippen molar-refractivity contribution in [1.29, 1.82) is 0 Å². The topological polar surface area (TPSA) is 3.24 Å². The van der Waals surface area contributed by atoms with Crippen molar-refractivity contribution >= 4 is 39.2 Å². The van der Waals surface area contributed by atoms with E-state index >= 15 is 0 Å². The Kier molecular flexibility index (Phi) is 4.57. The Balaban J connectivity index is -0.000000403. The summed E-state index contributed by atoms with van der Waals surface area (Å²) in [4.78, 5) is 0. The zero-order valence-electron chi connectivity index (χ0n) is 10.7. The maximum absolute atomic E-state index is 3.62. The molecule has 1 aliphatic heterocycles. The van der Waals surface area contributed by atoms with Crippen molar-refractivity contribution in [2.45, 2.75) is 46.1 Å². The summed E-state index contributed by atoms with van der Waals surface area (Å²) in [5, 5.41) is 0. The largest absolute Gasteiger partial charge is 2.00 e. The van der Waals surface area contributed by atoms with Gasteiger partial charge in [-0.15, -0.1) is 0 Å². The van der Waals surface area contributed by atoms with Crippen LogP contribution >= 0.6 is 16.1 Å². The van der Waals surface area contributed by atoms with E-state index in [9.17, 15) is 0 Å². The van der Waals surface area contributed by atoms with Crippen LogP contribution in [0, 0.1) is 5.41 Å². The smallest absolute Gasteiger partial charge is 1.00 e. The van der Waals surface area contributed by atoms with Crippen LogP contribution in [0.1, 0.15) is 43.4 Å². The van der Waals surface area contributed by atoms with E-state index in [1.807, 2.05) is 0 Å². The van der Waals surface area contributed by atoms with Gasteiger partial charge in [-0.25, -0.2) is 3.93 Å². The van der Waals surface area contributed by atoms with E-state index in [1.54, 1.807) is 0 Å². The first kappa shape index (κ1) is 13.2. The van der Waals surface area contributed by atoms with Gasteiger partial charge in [-0.2, -0.15) is 0 Å². The molecule has 0 aromatic heterocycles. The molecule has 1 nitrogen and oxygen atoms in total. The Morgan fingerprint density at radius 2 is 1.75 bits per heavy atom. The molecule has 1 aliphatic rings. The first-order valence-electron chi connectivity index (χ1n) is 4.31. The molecule has 3 heteroatoms. The van der Waals surface area contributed by atoms with Crippen molar-refractivity contribution in [2.75, 3.05) is 6.54 Å². The second-order valence-corrected chi connectivity index (χ2v) is 5.49. The molecule has 0 N–H and O–H groups in total. The number of hydrogen-bond donors (Lipinski definition) is 0. The average Bonchev–Trinajstić information content (AvgIpc) is 1.84. The van der Waals surface area contributed by atoms with Crippen LogP contribution in [-0.2, 0) is 0 Å². The molecule has 12 heavy (non-hydrogen) atoms. The summed E-state index contributed by atoms with van der Waals surface area (Å²) in [6, 6.07) is 0. The van der Waals surface area contributed by atoms with Gasteiger partial charge in [0.15, 0.2) is 0 Å². The second kappa shape index (κ2) is 4.16. The SMILES string of the molecule is CC1(C)CCCN(Br)C1(C)C.[H-].[H-].[Mg+2]. The summed E-state index contributed by atoms with van der Waals surface area (Å²) < 4.78 is 2.30. The Labute approximate surface area is 104 Å². The minimum atomic E-state index is 0. The first-order valence-corrected chi connectivity index (χ1v) is 5.02. The van der Waals surface area contributed by atoms with Crippen molar-refractivity contribution in [3.8, 4) is 0 Å². The Bertz CT molecular complexity index is 165. The number of nitrogens with zero attached hydrogens (tertiary/aromatic N) is 1. The molecule has 0 atom stereocenters. The maximum Gasteiger partial charge on any atom is 2.00 e. The molecule has 70 valence electrons. The van der Waals surface area contributed by atoms with E-state index in [1.165, 1.54) is 19.4 Å². The number of hydrogen-bond acceptors (Lipinski definition) is 1. The summed E-state index contributed by atoms with van der Waals surface area (Å²) in [6.45, 7) is 10.5. The fourth-order valence-electron chi connectivity index (χ4n) is 1.57. The fraction of sp³-hybridized carbons (Fsp3) is 1.00. The molecule has 0 amide bonds. The van der Waals surface area contributed by atoms with Gasteiger partial charge < -0.3 is 2.85 Å². The van der Waals surface area contributed by atoms with E-state index in [-0.39, 0.29) is 31.4 Å². The Morgan fingerprint density at radius 3 is 2.08 bits per heavy atom. The van der Waals surface area contributed by atoms with E-state index in [0.29, 0.717) is 5.41 Å². The molecule has 0 radical (unpaired) electrons. The summed E-state index contributed by atoms with van der Waals surface area (Å²) >= 11 is 3.62. The van der Waals surface area contributed by atoms with Gasteiger partial charge in [-0.05, 0) is 32.1 Å². The standard InChI is InChI=1S/C9H18BrN.Mg.2H/c1-8(2)6-5-7-11(10)9(8,3)4;;;/h5-7H2,1-4H3;;;/q;+2;2*-1. The van der Waals surface area contributed by atoms with Crippen LogP contribution in [-0.4, -0.2) is 39.1 Å². The molecule has 1 fully saturated rings. The van der Waals surface area contributed by atoms with Crippen molar-refractivity contribution in [1.82, 2.24) is 3.93 Å². The summed E-state index contributed by atoms with van der Waals surface area (Å²) in [6.07, 6.45) is 2.64. The summed E-state index contributed by atoms with van der Waals surface area (Å²) in [5.74, 6) is 0. The normalized spacial score (nSPS) is 27.8. The zero-order chi connectivity index (χ0) is 8.70. The summed E-state index contributed by atoms with van der Waals surface area (Å²) in [7, 11) is 0. The minimum absolute atomic E-state index is 0. The third-order valence-corrected chi connectivity index (χ3v) is 4.66. The number of halogens is 1. The Hall–Kier alpha value is 1.21. The Morgan fingerprint density at radius 1 is 1.25 bits per heavy atom. The van der Waals surface area contributed by atoms with E-state index < -0.39 is 0 Å². The molecule has 0 spiro atoms. The van der Waals surface area contributed by atoms with Gasteiger partial charge in [0, 0.05) is 28.2 Å². The van der Waals surface area contributed by atoms with Gasteiger partial charge >= 0.3 is 23.1 Å². The molecule has 1 heterocycles. The molecular weight excluding hydrogens is 226 g/mol. The molecule has 1 rings (SSSR count). The molecule has 1 saturated heterocycles. The predicted molar refractivity (Wildman–Crippen MR) is 60.7 cm³/mol.